The molecule has 0 bridgehead atoms. The van der Waals surface area contributed by atoms with Crippen LogP contribution >= 0.6 is 23.2 Å². The maximum atomic E-state index is 12.4. The van der Waals surface area contributed by atoms with Gasteiger partial charge < -0.3 is 14.4 Å². The van der Waals surface area contributed by atoms with E-state index in [2.05, 4.69) is 4.72 Å². The molecule has 132 valence electrons. The minimum Gasteiger partial charge on any atom is -0.378 e. The number of carbonyl (C=O) groups excluding carboxylic acids is 2. The summed E-state index contributed by atoms with van der Waals surface area (Å²) < 4.78 is 32.1. The van der Waals surface area contributed by atoms with E-state index < -0.39 is 16.1 Å². The van der Waals surface area contributed by atoms with Crippen molar-refractivity contribution in [3.63, 3.8) is 0 Å². The summed E-state index contributed by atoms with van der Waals surface area (Å²) in [5.74, 6) is -0.324. The Morgan fingerprint density at radius 1 is 1.33 bits per heavy atom. The largest absolute Gasteiger partial charge is 0.378 e. The van der Waals surface area contributed by atoms with Gasteiger partial charge in [-0.25, -0.2) is 13.1 Å². The summed E-state index contributed by atoms with van der Waals surface area (Å²) in [5, 5.41) is 0.155. The van der Waals surface area contributed by atoms with Crippen LogP contribution < -0.4 is 4.72 Å². The summed E-state index contributed by atoms with van der Waals surface area (Å²) >= 11 is 11.7. The second-order valence-corrected chi connectivity index (χ2v) is 7.66. The number of nitrogens with one attached hydrogen (secondary N) is 1. The number of nitrogens with zero attached hydrogens (tertiary/aromatic N) is 1. The van der Waals surface area contributed by atoms with Crippen molar-refractivity contribution in [3.05, 3.63) is 28.2 Å². The first-order valence-corrected chi connectivity index (χ1v) is 9.35. The van der Waals surface area contributed by atoms with Crippen LogP contribution in [0.25, 0.3) is 0 Å². The lowest BCUT2D eigenvalue weighted by Gasteiger charge is -2.27. The van der Waals surface area contributed by atoms with E-state index in [4.69, 9.17) is 27.9 Å². The first-order chi connectivity index (χ1) is 11.3. The average Bonchev–Trinajstić information content (AvgIpc) is 2.56. The Bertz CT molecular complexity index is 720. The molecule has 7 nitrogen and oxygen atoms in total. The molecule has 0 spiro atoms. The highest BCUT2D eigenvalue weighted by Gasteiger charge is 2.26. The summed E-state index contributed by atoms with van der Waals surface area (Å²) in [5.41, 5.74) is 0. The van der Waals surface area contributed by atoms with Gasteiger partial charge in [0.1, 0.15) is 11.2 Å². The van der Waals surface area contributed by atoms with Gasteiger partial charge in [-0.1, -0.05) is 23.2 Å². The number of morpholine rings is 1. The monoisotopic (exact) mass is 394 g/mol. The van der Waals surface area contributed by atoms with Gasteiger partial charge in [-0.15, -0.1) is 0 Å². The third-order valence-corrected chi connectivity index (χ3v) is 5.62. The number of hydrogen-bond donors (Lipinski definition) is 1. The lowest BCUT2D eigenvalue weighted by Crippen LogP contribution is -2.45. The van der Waals surface area contributed by atoms with Crippen molar-refractivity contribution in [1.29, 1.82) is 0 Å². The predicted octanol–water partition coefficient (Wildman–Crippen LogP) is 1.09. The Balaban J connectivity index is 2.09. The van der Waals surface area contributed by atoms with Crippen LogP contribution in [-0.2, 0) is 24.3 Å². The molecule has 1 aromatic rings. The number of sulfonamides is 1. The van der Waals surface area contributed by atoms with Crippen LogP contribution in [-0.4, -0.2) is 57.9 Å². The van der Waals surface area contributed by atoms with Crippen molar-refractivity contribution >= 4 is 45.4 Å². The summed E-state index contributed by atoms with van der Waals surface area (Å²) in [6.07, 6.45) is 0.106. The van der Waals surface area contributed by atoms with E-state index in [-0.39, 0.29) is 27.3 Å². The highest BCUT2D eigenvalue weighted by molar-refractivity contribution is 7.89. The number of hydrogen-bond acceptors (Lipinski definition) is 5. The number of benzene rings is 1. The SMILES string of the molecule is O=C[C@@H](CC(=O)N1CCOCC1)NS(=O)(=O)c1cc(Cl)ccc1Cl. The fourth-order valence-corrected chi connectivity index (χ4v) is 4.12. The molecule has 1 saturated heterocycles. The summed E-state index contributed by atoms with van der Waals surface area (Å²) in [7, 11) is -4.09. The minimum atomic E-state index is -4.09. The number of halogens is 2. The molecule has 1 fully saturated rings. The van der Waals surface area contributed by atoms with Gasteiger partial charge in [-0.2, -0.15) is 0 Å². The van der Waals surface area contributed by atoms with E-state index in [1.807, 2.05) is 0 Å². The van der Waals surface area contributed by atoms with Gasteiger partial charge in [0.2, 0.25) is 15.9 Å². The Kier molecular flexibility index (Phi) is 6.59. The molecule has 0 radical (unpaired) electrons. The van der Waals surface area contributed by atoms with Crippen molar-refractivity contribution < 1.29 is 22.7 Å². The van der Waals surface area contributed by atoms with Gasteiger partial charge in [0.05, 0.1) is 24.3 Å². The van der Waals surface area contributed by atoms with Crippen LogP contribution in [0.5, 0.6) is 0 Å². The molecule has 10 heteroatoms. The third-order valence-electron chi connectivity index (χ3n) is 3.41. The number of aldehydes is 1. The molecule has 1 atom stereocenters. The first kappa shape index (κ1) is 19.1. The standard InChI is InChI=1S/C14H16Cl2N2O5S/c15-10-1-2-12(16)13(7-10)24(21,22)17-11(9-19)8-14(20)18-3-5-23-6-4-18/h1-2,7,9,11,17H,3-6,8H2/t11-/m1/s1. The zero-order valence-electron chi connectivity index (χ0n) is 12.6. The summed E-state index contributed by atoms with van der Waals surface area (Å²) in [4.78, 5) is 24.6. The Morgan fingerprint density at radius 2 is 2.00 bits per heavy atom. The zero-order valence-corrected chi connectivity index (χ0v) is 14.9. The van der Waals surface area contributed by atoms with E-state index in [1.165, 1.54) is 23.1 Å². The van der Waals surface area contributed by atoms with Gasteiger partial charge >= 0.3 is 0 Å². The molecule has 0 unspecified atom stereocenters. The molecule has 1 heterocycles. The lowest BCUT2D eigenvalue weighted by molar-refractivity contribution is -0.136. The number of ether oxygens (including phenoxy) is 1. The second kappa shape index (κ2) is 8.26. The minimum absolute atomic E-state index is 0.0314. The molecule has 0 aliphatic carbocycles. The van der Waals surface area contributed by atoms with Crippen LogP contribution in [0.3, 0.4) is 0 Å². The molecule has 2 rings (SSSR count). The molecule has 1 aromatic carbocycles. The van der Waals surface area contributed by atoms with Gasteiger partial charge in [0.25, 0.3) is 0 Å². The first-order valence-electron chi connectivity index (χ1n) is 7.11. The van der Waals surface area contributed by atoms with Crippen molar-refractivity contribution in [1.82, 2.24) is 9.62 Å². The Morgan fingerprint density at radius 3 is 2.62 bits per heavy atom. The Labute approximate surface area is 149 Å². The smallest absolute Gasteiger partial charge is 0.242 e. The van der Waals surface area contributed by atoms with E-state index >= 15 is 0 Å². The highest BCUT2D eigenvalue weighted by atomic mass is 35.5. The van der Waals surface area contributed by atoms with E-state index in [0.717, 1.165) is 0 Å². The molecule has 24 heavy (non-hydrogen) atoms. The van der Waals surface area contributed by atoms with Gasteiger partial charge in [0, 0.05) is 24.5 Å². The van der Waals surface area contributed by atoms with E-state index in [0.29, 0.717) is 32.6 Å². The summed E-state index contributed by atoms with van der Waals surface area (Å²) in [6, 6.07) is 2.77. The highest BCUT2D eigenvalue weighted by Crippen LogP contribution is 2.25. The third kappa shape index (κ3) is 4.90. The molecule has 1 N–H and O–H groups in total. The maximum absolute atomic E-state index is 12.4. The topological polar surface area (TPSA) is 92.8 Å². The molecule has 0 aromatic heterocycles. The van der Waals surface area contributed by atoms with Crippen LogP contribution in [0, 0.1) is 0 Å². The second-order valence-electron chi connectivity index (χ2n) is 5.14. The van der Waals surface area contributed by atoms with Crippen LogP contribution in [0.4, 0.5) is 0 Å². The Hall–Kier alpha value is -1.19. The van der Waals surface area contributed by atoms with Crippen LogP contribution in [0.2, 0.25) is 10.0 Å². The van der Waals surface area contributed by atoms with Crippen LogP contribution in [0.1, 0.15) is 6.42 Å². The van der Waals surface area contributed by atoms with Crippen LogP contribution in [0.15, 0.2) is 23.1 Å². The molecule has 1 amide bonds. The predicted molar refractivity (Wildman–Crippen MR) is 88.7 cm³/mol. The van der Waals surface area contributed by atoms with Gasteiger partial charge in [-0.3, -0.25) is 4.79 Å². The number of amides is 1. The molecule has 1 aliphatic heterocycles. The lowest BCUT2D eigenvalue weighted by atomic mass is 10.2. The van der Waals surface area contributed by atoms with Gasteiger partial charge in [-0.05, 0) is 18.2 Å². The maximum Gasteiger partial charge on any atom is 0.242 e. The normalized spacial score (nSPS) is 16.7. The molecule has 1 aliphatic rings. The zero-order chi connectivity index (χ0) is 17.7. The quantitative estimate of drug-likeness (QED) is 0.728. The van der Waals surface area contributed by atoms with E-state index in [9.17, 15) is 18.0 Å². The summed E-state index contributed by atoms with van der Waals surface area (Å²) in [6.45, 7) is 1.66. The molecular weight excluding hydrogens is 379 g/mol. The van der Waals surface area contributed by atoms with Gasteiger partial charge in [0.15, 0.2) is 0 Å². The van der Waals surface area contributed by atoms with Crippen molar-refractivity contribution in [2.24, 2.45) is 0 Å². The average molecular weight is 395 g/mol. The van der Waals surface area contributed by atoms with Crippen molar-refractivity contribution in [2.45, 2.75) is 17.4 Å². The van der Waals surface area contributed by atoms with Crippen molar-refractivity contribution in [3.8, 4) is 0 Å². The molecular formula is C14H16Cl2N2O5S. The van der Waals surface area contributed by atoms with Crippen molar-refractivity contribution in [2.75, 3.05) is 26.3 Å². The number of carbonyl (C=O) groups is 2. The fraction of sp³-hybridized carbons (Fsp3) is 0.429. The fourth-order valence-electron chi connectivity index (χ4n) is 2.19. The van der Waals surface area contributed by atoms with E-state index in [1.54, 1.807) is 0 Å². The number of rotatable bonds is 6. The molecule has 0 saturated carbocycles.